The number of H-pyrrole nitrogens is 1. The van der Waals surface area contributed by atoms with Crippen molar-refractivity contribution in [3.05, 3.63) is 83.6 Å². The first-order valence-electron chi connectivity index (χ1n) is 11.1. The van der Waals surface area contributed by atoms with Gasteiger partial charge >= 0.3 is 0 Å². The molecule has 0 radical (unpaired) electrons. The van der Waals surface area contributed by atoms with Crippen molar-refractivity contribution in [3.8, 4) is 22.5 Å². The standard InChI is InChI=1S/C27H28N4OS/c1-5-22(26(32)31-25-19(4)7-6-16-28-25)33-27-29-23(20-12-8-17(2)9-13-20)24(30-27)21-14-10-18(3)11-15-21/h6-16,22H,5H2,1-4H3,(H,29,30)(H,28,31,32). The van der Waals surface area contributed by atoms with Crippen LogP contribution in [0.4, 0.5) is 5.82 Å². The van der Waals surface area contributed by atoms with Crippen molar-refractivity contribution in [2.45, 2.75) is 44.5 Å². The number of hydrogen-bond acceptors (Lipinski definition) is 4. The van der Waals surface area contributed by atoms with Crippen molar-refractivity contribution in [1.82, 2.24) is 15.0 Å². The fraction of sp³-hybridized carbons (Fsp3) is 0.222. The largest absolute Gasteiger partial charge is 0.332 e. The molecule has 2 heterocycles. The van der Waals surface area contributed by atoms with Gasteiger partial charge in [-0.25, -0.2) is 9.97 Å². The summed E-state index contributed by atoms with van der Waals surface area (Å²) in [6.07, 6.45) is 2.35. The highest BCUT2D eigenvalue weighted by Gasteiger charge is 2.23. The first kappa shape index (κ1) is 22.8. The highest BCUT2D eigenvalue weighted by molar-refractivity contribution is 8.00. The van der Waals surface area contributed by atoms with Gasteiger partial charge < -0.3 is 10.3 Å². The van der Waals surface area contributed by atoms with Gasteiger partial charge in [0.2, 0.25) is 5.91 Å². The Morgan fingerprint density at radius 1 is 0.970 bits per heavy atom. The zero-order valence-electron chi connectivity index (χ0n) is 19.3. The van der Waals surface area contributed by atoms with E-state index in [1.165, 1.54) is 22.9 Å². The molecule has 2 N–H and O–H groups in total. The molecule has 5 nitrogen and oxygen atoms in total. The van der Waals surface area contributed by atoms with Gasteiger partial charge in [-0.1, -0.05) is 84.4 Å². The highest BCUT2D eigenvalue weighted by atomic mass is 32.2. The third-order valence-corrected chi connectivity index (χ3v) is 6.76. The lowest BCUT2D eigenvalue weighted by atomic mass is 10.0. The summed E-state index contributed by atoms with van der Waals surface area (Å²) in [6.45, 7) is 8.09. The molecule has 4 rings (SSSR count). The third-order valence-electron chi connectivity index (χ3n) is 5.52. The van der Waals surface area contributed by atoms with Crippen molar-refractivity contribution < 1.29 is 4.79 Å². The van der Waals surface area contributed by atoms with E-state index in [4.69, 9.17) is 4.98 Å². The number of pyridine rings is 1. The van der Waals surface area contributed by atoms with E-state index in [-0.39, 0.29) is 11.2 Å². The van der Waals surface area contributed by atoms with E-state index in [2.05, 4.69) is 77.7 Å². The molecule has 0 aliphatic rings. The van der Waals surface area contributed by atoms with Crippen molar-refractivity contribution in [1.29, 1.82) is 0 Å². The van der Waals surface area contributed by atoms with Gasteiger partial charge in [-0.05, 0) is 38.8 Å². The molecule has 2 aromatic heterocycles. The van der Waals surface area contributed by atoms with E-state index in [0.717, 1.165) is 33.2 Å². The SMILES string of the molecule is CCC(Sc1nc(-c2ccc(C)cc2)c(-c2ccc(C)cc2)[nH]1)C(=O)Nc1ncccc1C. The number of amides is 1. The zero-order chi connectivity index (χ0) is 23.4. The molecule has 1 atom stereocenters. The van der Waals surface area contributed by atoms with Crippen molar-refractivity contribution in [2.75, 3.05) is 5.32 Å². The number of aromatic nitrogens is 3. The Labute approximate surface area is 199 Å². The Kier molecular flexibility index (Phi) is 6.94. The molecule has 4 aromatic rings. The van der Waals surface area contributed by atoms with Crippen LogP contribution < -0.4 is 5.32 Å². The van der Waals surface area contributed by atoms with Crippen LogP contribution in [0.15, 0.2) is 72.0 Å². The molecule has 0 fully saturated rings. The smallest absolute Gasteiger partial charge is 0.239 e. The summed E-state index contributed by atoms with van der Waals surface area (Å²) in [6, 6.07) is 20.5. The quantitative estimate of drug-likeness (QED) is 0.308. The molecular weight excluding hydrogens is 428 g/mol. The minimum atomic E-state index is -0.297. The molecule has 0 aliphatic carbocycles. The number of benzene rings is 2. The number of hydrogen-bond donors (Lipinski definition) is 2. The fourth-order valence-electron chi connectivity index (χ4n) is 3.53. The summed E-state index contributed by atoms with van der Waals surface area (Å²) in [5, 5.41) is 3.39. The molecule has 0 aliphatic heterocycles. The number of thioether (sulfide) groups is 1. The van der Waals surface area contributed by atoms with Crippen LogP contribution in [0.3, 0.4) is 0 Å². The second-order valence-corrected chi connectivity index (χ2v) is 9.36. The normalized spacial score (nSPS) is 11.9. The van der Waals surface area contributed by atoms with E-state index >= 15 is 0 Å². The van der Waals surface area contributed by atoms with Crippen molar-refractivity contribution in [3.63, 3.8) is 0 Å². The molecule has 0 saturated carbocycles. The van der Waals surface area contributed by atoms with Gasteiger partial charge in [0.05, 0.1) is 16.6 Å². The maximum atomic E-state index is 13.0. The van der Waals surface area contributed by atoms with Gasteiger partial charge in [-0.3, -0.25) is 4.79 Å². The second kappa shape index (κ2) is 10.0. The van der Waals surface area contributed by atoms with Gasteiger partial charge in [0.1, 0.15) is 5.82 Å². The number of carbonyl (C=O) groups excluding carboxylic acids is 1. The summed E-state index contributed by atoms with van der Waals surface area (Å²) >= 11 is 1.45. The molecule has 168 valence electrons. The minimum Gasteiger partial charge on any atom is -0.332 e. The summed E-state index contributed by atoms with van der Waals surface area (Å²) in [7, 11) is 0. The van der Waals surface area contributed by atoms with Crippen LogP contribution in [0.1, 0.15) is 30.0 Å². The van der Waals surface area contributed by atoms with Gasteiger partial charge in [0, 0.05) is 17.3 Å². The first-order chi connectivity index (χ1) is 15.9. The van der Waals surface area contributed by atoms with Gasteiger partial charge in [0.15, 0.2) is 5.16 Å². The Hall–Kier alpha value is -3.38. The number of nitrogens with one attached hydrogen (secondary N) is 2. The lowest BCUT2D eigenvalue weighted by Crippen LogP contribution is -2.25. The van der Waals surface area contributed by atoms with Crippen LogP contribution in [0.2, 0.25) is 0 Å². The van der Waals surface area contributed by atoms with E-state index in [0.29, 0.717) is 12.2 Å². The van der Waals surface area contributed by atoms with E-state index in [9.17, 15) is 4.79 Å². The number of nitrogens with zero attached hydrogens (tertiary/aromatic N) is 2. The fourth-order valence-corrected chi connectivity index (χ4v) is 4.43. The number of aryl methyl sites for hydroxylation is 3. The monoisotopic (exact) mass is 456 g/mol. The first-order valence-corrected chi connectivity index (χ1v) is 12.0. The van der Waals surface area contributed by atoms with Crippen LogP contribution in [0.25, 0.3) is 22.5 Å². The van der Waals surface area contributed by atoms with Crippen molar-refractivity contribution in [2.24, 2.45) is 0 Å². The lowest BCUT2D eigenvalue weighted by Gasteiger charge is -2.13. The number of aromatic amines is 1. The zero-order valence-corrected chi connectivity index (χ0v) is 20.2. The molecule has 0 bridgehead atoms. The van der Waals surface area contributed by atoms with Crippen LogP contribution >= 0.6 is 11.8 Å². The summed E-state index contributed by atoms with van der Waals surface area (Å²) in [5.74, 6) is 0.524. The highest BCUT2D eigenvalue weighted by Crippen LogP contribution is 2.35. The maximum absolute atomic E-state index is 13.0. The van der Waals surface area contributed by atoms with E-state index in [1.807, 2.05) is 26.0 Å². The molecule has 2 aromatic carbocycles. The summed E-state index contributed by atoms with van der Waals surface area (Å²) < 4.78 is 0. The van der Waals surface area contributed by atoms with E-state index < -0.39 is 0 Å². The molecule has 1 unspecified atom stereocenters. The van der Waals surface area contributed by atoms with Crippen molar-refractivity contribution >= 4 is 23.5 Å². The van der Waals surface area contributed by atoms with Gasteiger partial charge in [-0.2, -0.15) is 0 Å². The molecule has 33 heavy (non-hydrogen) atoms. The Bertz CT molecular complexity index is 1180. The predicted octanol–water partition coefficient (Wildman–Crippen LogP) is 6.57. The number of anilines is 1. The van der Waals surface area contributed by atoms with Gasteiger partial charge in [0.25, 0.3) is 0 Å². The summed E-state index contributed by atoms with van der Waals surface area (Å²) in [4.78, 5) is 25.7. The van der Waals surface area contributed by atoms with Crippen LogP contribution in [0, 0.1) is 20.8 Å². The van der Waals surface area contributed by atoms with E-state index in [1.54, 1.807) is 6.20 Å². The lowest BCUT2D eigenvalue weighted by molar-refractivity contribution is -0.115. The molecule has 1 amide bonds. The summed E-state index contributed by atoms with van der Waals surface area (Å²) in [5.41, 5.74) is 7.30. The van der Waals surface area contributed by atoms with Crippen LogP contribution in [0.5, 0.6) is 0 Å². The minimum absolute atomic E-state index is 0.0746. The maximum Gasteiger partial charge on any atom is 0.239 e. The van der Waals surface area contributed by atoms with Gasteiger partial charge in [-0.15, -0.1) is 0 Å². The van der Waals surface area contributed by atoms with Crippen LogP contribution in [-0.4, -0.2) is 26.1 Å². The Balaban J connectivity index is 1.64. The Morgan fingerprint density at radius 2 is 1.61 bits per heavy atom. The second-order valence-electron chi connectivity index (χ2n) is 8.17. The predicted molar refractivity (Wildman–Crippen MR) is 136 cm³/mol. The molecular formula is C27H28N4OS. The third kappa shape index (κ3) is 5.34. The average Bonchev–Trinajstić information content (AvgIpc) is 3.23. The van der Waals surface area contributed by atoms with Crippen LogP contribution in [-0.2, 0) is 4.79 Å². The number of rotatable bonds is 7. The number of imidazole rings is 1. The number of carbonyl (C=O) groups is 1. The average molecular weight is 457 g/mol. The molecule has 0 saturated heterocycles. The molecule has 6 heteroatoms. The topological polar surface area (TPSA) is 70.7 Å². The molecule has 0 spiro atoms. The Morgan fingerprint density at radius 3 is 2.21 bits per heavy atom.